The smallest absolute Gasteiger partial charge is 0.270 e. The van der Waals surface area contributed by atoms with E-state index in [1.165, 1.54) is 11.8 Å². The first kappa shape index (κ1) is 33.6. The average Bonchev–Trinajstić information content (AvgIpc) is 3.56. The van der Waals surface area contributed by atoms with Gasteiger partial charge >= 0.3 is 0 Å². The fourth-order valence-corrected chi connectivity index (χ4v) is 7.29. The number of aliphatic hydroxyl groups is 1. The highest BCUT2D eigenvalue weighted by molar-refractivity contribution is 8.00. The molecular formula is C36H39N5O5S. The van der Waals surface area contributed by atoms with Crippen molar-refractivity contribution in [2.75, 3.05) is 11.1 Å². The molecule has 1 heterocycles. The lowest BCUT2D eigenvalue weighted by Gasteiger charge is -2.28. The predicted octanol–water partition coefficient (Wildman–Crippen LogP) is 3.84. The van der Waals surface area contributed by atoms with Crippen molar-refractivity contribution in [2.24, 2.45) is 11.7 Å². The highest BCUT2D eigenvalue weighted by atomic mass is 32.2. The van der Waals surface area contributed by atoms with Crippen molar-refractivity contribution >= 4 is 52.0 Å². The Hall–Kier alpha value is -4.74. The molecule has 5 atom stereocenters. The second kappa shape index (κ2) is 16.2. The van der Waals surface area contributed by atoms with Crippen LogP contribution in [0.25, 0.3) is 10.9 Å². The summed E-state index contributed by atoms with van der Waals surface area (Å²) in [5, 5.41) is 20.8. The van der Waals surface area contributed by atoms with Crippen LogP contribution in [0.4, 0.5) is 5.69 Å². The minimum absolute atomic E-state index is 0.0118. The van der Waals surface area contributed by atoms with E-state index in [9.17, 15) is 24.3 Å². The van der Waals surface area contributed by atoms with E-state index in [0.717, 1.165) is 35.9 Å². The van der Waals surface area contributed by atoms with Gasteiger partial charge in [0.15, 0.2) is 0 Å². The quantitative estimate of drug-likeness (QED) is 0.138. The SMILES string of the molecule is NC(=O)C[C@H](NC(=O)c1ccc2ccccc2n1)C(=O)N[C@@H](Cc1ccccc1)[C@@H](O)CS[C@H]1CCC[C@@H]1C(=O)Nc1ccccc1. The molecule has 1 aliphatic carbocycles. The number of para-hydroxylation sites is 2. The van der Waals surface area contributed by atoms with Crippen molar-refractivity contribution in [1.29, 1.82) is 0 Å². The Morgan fingerprint density at radius 2 is 1.57 bits per heavy atom. The molecule has 1 fully saturated rings. The zero-order valence-electron chi connectivity index (χ0n) is 25.9. The summed E-state index contributed by atoms with van der Waals surface area (Å²) in [5.74, 6) is -2.02. The molecule has 6 N–H and O–H groups in total. The molecule has 11 heteroatoms. The van der Waals surface area contributed by atoms with Gasteiger partial charge in [-0.1, -0.05) is 79.2 Å². The number of pyridine rings is 1. The van der Waals surface area contributed by atoms with Crippen molar-refractivity contribution in [1.82, 2.24) is 15.6 Å². The van der Waals surface area contributed by atoms with Gasteiger partial charge in [0.1, 0.15) is 11.7 Å². The number of rotatable bonds is 14. The van der Waals surface area contributed by atoms with E-state index in [-0.39, 0.29) is 28.5 Å². The lowest BCUT2D eigenvalue weighted by Crippen LogP contribution is -2.54. The number of nitrogens with one attached hydrogen (secondary N) is 3. The Balaban J connectivity index is 1.26. The summed E-state index contributed by atoms with van der Waals surface area (Å²) in [5.41, 5.74) is 7.80. The van der Waals surface area contributed by atoms with Crippen molar-refractivity contribution in [3.63, 3.8) is 0 Å². The van der Waals surface area contributed by atoms with Gasteiger partial charge in [0.05, 0.1) is 30.0 Å². The minimum Gasteiger partial charge on any atom is -0.390 e. The molecule has 244 valence electrons. The summed E-state index contributed by atoms with van der Waals surface area (Å²) in [6.07, 6.45) is 1.39. The summed E-state index contributed by atoms with van der Waals surface area (Å²) in [6.45, 7) is 0. The number of nitrogens with two attached hydrogens (primary N) is 1. The molecule has 0 aliphatic heterocycles. The Labute approximate surface area is 277 Å². The first-order chi connectivity index (χ1) is 22.8. The van der Waals surface area contributed by atoms with Crippen LogP contribution in [-0.2, 0) is 20.8 Å². The van der Waals surface area contributed by atoms with Gasteiger partial charge in [-0.15, -0.1) is 0 Å². The Morgan fingerprint density at radius 3 is 2.32 bits per heavy atom. The van der Waals surface area contributed by atoms with E-state index in [4.69, 9.17) is 5.73 Å². The molecule has 0 bridgehead atoms. The standard InChI is InChI=1S/C36H39N5O5S/c37-33(43)21-30(41-35(45)28-19-18-24-12-7-8-16-27(24)39-28)36(46)40-29(20-23-10-3-1-4-11-23)31(42)22-47-32-17-9-15-26(32)34(44)38-25-13-5-2-6-14-25/h1-8,10-14,16,18-19,26,29-32,42H,9,15,17,20-22H2,(H2,37,43)(H,38,44)(H,40,46)(H,41,45)/t26-,29-,30-,31-,32-/m0/s1. The maximum absolute atomic E-state index is 13.6. The number of primary amides is 1. The molecule has 4 aromatic rings. The number of carbonyl (C=O) groups is 4. The summed E-state index contributed by atoms with van der Waals surface area (Å²) in [7, 11) is 0. The molecular weight excluding hydrogens is 614 g/mol. The van der Waals surface area contributed by atoms with E-state index in [1.807, 2.05) is 78.9 Å². The monoisotopic (exact) mass is 653 g/mol. The molecule has 0 radical (unpaired) electrons. The van der Waals surface area contributed by atoms with Gasteiger partial charge in [-0.3, -0.25) is 19.2 Å². The number of aromatic nitrogens is 1. The third-order valence-electron chi connectivity index (χ3n) is 8.26. The fourth-order valence-electron chi connectivity index (χ4n) is 5.79. The van der Waals surface area contributed by atoms with Gasteiger partial charge in [-0.05, 0) is 49.1 Å². The normalized spacial score (nSPS) is 17.7. The molecule has 1 aromatic heterocycles. The average molecular weight is 654 g/mol. The van der Waals surface area contributed by atoms with E-state index >= 15 is 0 Å². The Morgan fingerprint density at radius 1 is 0.872 bits per heavy atom. The third-order valence-corrected chi connectivity index (χ3v) is 9.79. The Kier molecular flexibility index (Phi) is 11.6. The largest absolute Gasteiger partial charge is 0.390 e. The number of fused-ring (bicyclic) bond motifs is 1. The number of nitrogens with zero attached hydrogens (tertiary/aromatic N) is 1. The van der Waals surface area contributed by atoms with Gasteiger partial charge in [0.25, 0.3) is 5.91 Å². The van der Waals surface area contributed by atoms with Crippen molar-refractivity contribution in [3.05, 3.63) is 108 Å². The number of carbonyl (C=O) groups excluding carboxylic acids is 4. The summed E-state index contributed by atoms with van der Waals surface area (Å²) >= 11 is 1.52. The molecule has 47 heavy (non-hydrogen) atoms. The van der Waals surface area contributed by atoms with Crippen LogP contribution in [0, 0.1) is 5.92 Å². The maximum Gasteiger partial charge on any atom is 0.270 e. The van der Waals surface area contributed by atoms with Crippen molar-refractivity contribution < 1.29 is 24.3 Å². The zero-order chi connectivity index (χ0) is 33.2. The molecule has 0 spiro atoms. The first-order valence-corrected chi connectivity index (χ1v) is 16.8. The molecule has 10 nitrogen and oxygen atoms in total. The third kappa shape index (κ3) is 9.40. The second-order valence-corrected chi connectivity index (χ2v) is 13.0. The van der Waals surface area contributed by atoms with E-state index in [1.54, 1.807) is 18.2 Å². The first-order valence-electron chi connectivity index (χ1n) is 15.7. The van der Waals surface area contributed by atoms with Crippen LogP contribution < -0.4 is 21.7 Å². The molecule has 0 saturated heterocycles. The Bertz CT molecular complexity index is 1690. The second-order valence-electron chi connectivity index (χ2n) is 11.7. The summed E-state index contributed by atoms with van der Waals surface area (Å²) in [6, 6.07) is 27.3. The minimum atomic E-state index is -1.28. The van der Waals surface area contributed by atoms with Crippen LogP contribution in [0.2, 0.25) is 0 Å². The number of aliphatic hydroxyl groups excluding tert-OH is 1. The van der Waals surface area contributed by atoms with Gasteiger partial charge in [-0.2, -0.15) is 11.8 Å². The number of hydrogen-bond acceptors (Lipinski definition) is 7. The fraction of sp³-hybridized carbons (Fsp3) is 0.306. The van der Waals surface area contributed by atoms with Crippen LogP contribution in [0.3, 0.4) is 0 Å². The molecule has 0 unspecified atom stereocenters. The van der Waals surface area contributed by atoms with Crippen molar-refractivity contribution in [3.8, 4) is 0 Å². The molecule has 4 amide bonds. The van der Waals surface area contributed by atoms with Crippen LogP contribution in [0.1, 0.15) is 41.7 Å². The molecule has 1 aliphatic rings. The topological polar surface area (TPSA) is 164 Å². The summed E-state index contributed by atoms with van der Waals surface area (Å²) < 4.78 is 0. The number of benzene rings is 3. The zero-order valence-corrected chi connectivity index (χ0v) is 26.7. The number of hydrogen-bond donors (Lipinski definition) is 5. The van der Waals surface area contributed by atoms with Crippen LogP contribution in [-0.4, -0.2) is 62.9 Å². The van der Waals surface area contributed by atoms with Gasteiger partial charge in [-0.25, -0.2) is 4.98 Å². The van der Waals surface area contributed by atoms with Gasteiger partial charge in [0, 0.05) is 22.1 Å². The highest BCUT2D eigenvalue weighted by Gasteiger charge is 2.35. The molecule has 1 saturated carbocycles. The van der Waals surface area contributed by atoms with Crippen molar-refractivity contribution in [2.45, 2.75) is 55.5 Å². The number of anilines is 1. The molecule has 5 rings (SSSR count). The number of amides is 4. The van der Waals surface area contributed by atoms with E-state index in [2.05, 4.69) is 20.9 Å². The van der Waals surface area contributed by atoms with E-state index in [0.29, 0.717) is 11.9 Å². The van der Waals surface area contributed by atoms with Crippen LogP contribution in [0.5, 0.6) is 0 Å². The van der Waals surface area contributed by atoms with Crippen LogP contribution in [0.15, 0.2) is 97.1 Å². The van der Waals surface area contributed by atoms with E-state index < -0.39 is 42.3 Å². The predicted molar refractivity (Wildman–Crippen MR) is 184 cm³/mol. The van der Waals surface area contributed by atoms with Gasteiger partial charge < -0.3 is 26.8 Å². The number of thioether (sulfide) groups is 1. The summed E-state index contributed by atoms with van der Waals surface area (Å²) in [4.78, 5) is 56.2. The maximum atomic E-state index is 13.6. The molecule has 3 aromatic carbocycles. The lowest BCUT2D eigenvalue weighted by atomic mass is 10.0. The van der Waals surface area contributed by atoms with Crippen LogP contribution >= 0.6 is 11.8 Å². The highest BCUT2D eigenvalue weighted by Crippen LogP contribution is 2.36. The van der Waals surface area contributed by atoms with Gasteiger partial charge in [0.2, 0.25) is 17.7 Å². The lowest BCUT2D eigenvalue weighted by molar-refractivity contribution is -0.128.